The van der Waals surface area contributed by atoms with Crippen LogP contribution in [0.3, 0.4) is 0 Å². The van der Waals surface area contributed by atoms with Crippen LogP contribution in [0.15, 0.2) is 67.0 Å². The molecule has 1 heterocycles. The highest BCUT2D eigenvalue weighted by molar-refractivity contribution is 7.20. The van der Waals surface area contributed by atoms with Crippen LogP contribution in [0.25, 0.3) is 10.8 Å². The summed E-state index contributed by atoms with van der Waals surface area (Å²) in [5.41, 5.74) is -13.2. The molecule has 0 aliphatic heterocycles. The Labute approximate surface area is 396 Å². The summed E-state index contributed by atoms with van der Waals surface area (Å²) in [7, 11) is 0. The van der Waals surface area contributed by atoms with Gasteiger partial charge in [-0.2, -0.15) is 4.57 Å². The number of fused-ring (bicyclic) bond motifs is 1. The van der Waals surface area contributed by atoms with E-state index in [1.54, 1.807) is 24.3 Å². The largest absolute Gasteiger partial charge is 0.459 e. The van der Waals surface area contributed by atoms with Gasteiger partial charge in [0.05, 0.1) is 5.56 Å². The number of carbonyl (C=O) groups is 2. The Morgan fingerprint density at radius 1 is 0.411 bits per heavy atom. The van der Waals surface area contributed by atoms with Crippen LogP contribution in [0.5, 0.6) is 0 Å². The zero-order valence-corrected chi connectivity index (χ0v) is 36.0. The first kappa shape index (κ1) is 53.3. The van der Waals surface area contributed by atoms with Gasteiger partial charge in [-0.15, -0.1) is 21.9 Å². The summed E-state index contributed by atoms with van der Waals surface area (Å²) >= 11 is 0. The number of hydrogen-bond acceptors (Lipinski definition) is 3. The first-order valence-electron chi connectivity index (χ1n) is 20.8. The summed E-state index contributed by atoms with van der Waals surface area (Å²) < 4.78 is 301. The zero-order chi connectivity index (χ0) is 53.7. The quantitative estimate of drug-likeness (QED) is 0.0275. The van der Waals surface area contributed by atoms with Gasteiger partial charge in [-0.05, 0) is 49.3 Å². The van der Waals surface area contributed by atoms with Crippen LogP contribution < -0.4 is 26.4 Å². The average Bonchev–Trinajstić information content (AvgIpc) is 3.39. The Morgan fingerprint density at radius 3 is 1.08 bits per heavy atom. The van der Waals surface area contributed by atoms with Crippen molar-refractivity contribution in [3.63, 3.8) is 0 Å². The van der Waals surface area contributed by atoms with E-state index < -0.39 is 144 Å². The summed E-state index contributed by atoms with van der Waals surface area (Å²) in [6, 6.07) is 16.9. The molecule has 73 heavy (non-hydrogen) atoms. The molecule has 1 aliphatic rings. The molecule has 0 radical (unpaired) electrons. The molecule has 0 unspecified atom stereocenters. The van der Waals surface area contributed by atoms with Crippen molar-refractivity contribution in [1.82, 2.24) is 0 Å². The van der Waals surface area contributed by atoms with E-state index in [-0.39, 0.29) is 24.4 Å². The predicted octanol–water partition coefficient (Wildman–Crippen LogP) is 10.3. The van der Waals surface area contributed by atoms with Crippen molar-refractivity contribution in [3.8, 4) is 0 Å². The van der Waals surface area contributed by atoms with Gasteiger partial charge >= 0.3 is 5.97 Å². The predicted molar refractivity (Wildman–Crippen MR) is 216 cm³/mol. The number of rotatable bonds is 9. The molecule has 0 bridgehead atoms. The molecule has 7 aromatic rings. The normalized spacial score (nSPS) is 13.0. The lowest BCUT2D eigenvalue weighted by atomic mass is 9.12. The molecule has 1 aromatic heterocycles. The number of halogens is 20. The van der Waals surface area contributed by atoms with Crippen LogP contribution >= 0.6 is 0 Å². The molecule has 4 nitrogen and oxygen atoms in total. The molecule has 8 rings (SSSR count). The lowest BCUT2D eigenvalue weighted by molar-refractivity contribution is -0.681. The Bertz CT molecular complexity index is 3000. The van der Waals surface area contributed by atoms with Crippen LogP contribution in [0.2, 0.25) is 0 Å². The van der Waals surface area contributed by atoms with Crippen LogP contribution in [0, 0.1) is 116 Å². The van der Waals surface area contributed by atoms with Crippen molar-refractivity contribution in [2.45, 2.75) is 44.8 Å². The fourth-order valence-electron chi connectivity index (χ4n) is 8.60. The molecule has 1 aliphatic carbocycles. The summed E-state index contributed by atoms with van der Waals surface area (Å²) in [5, 5.41) is 2.24. The van der Waals surface area contributed by atoms with Gasteiger partial charge in [-0.1, -0.05) is 36.8 Å². The SMILES string of the molecule is Fc1c(F)c(F)c([B-](c2c(F)c(F)c(F)c(F)c2F)(c2c(F)c(F)c(F)c(F)c2F)c2c(F)c(F)c(F)c(F)c2F)c(F)c1F.O=C(C[n+]1ccc2ccccc2c1)c1ccc(C(=O)OC2CCCCC2)cc1. The zero-order valence-electron chi connectivity index (χ0n) is 36.0. The highest BCUT2D eigenvalue weighted by atomic mass is 19.2. The van der Waals surface area contributed by atoms with Gasteiger partial charge in [-0.3, -0.25) is 4.79 Å². The second-order valence-corrected chi connectivity index (χ2v) is 16.2. The standard InChI is InChI=1S/C24BF20.C24H24NO3/c26-5-1(6(27)14(35)21(42)13(5)34)25(2-7(28)15(36)22(43)16(37)8(2)29,3-9(30)17(38)23(44)18(39)10(3)31)4-11(32)19(40)24(45)20(41)12(4)33;26-23(17-25-15-14-18-6-4-5-7-21(18)16-25)19-10-12-20(13-11-19)24(27)28-22-8-2-1-3-9-22/h;4-7,10-16,22H,1-3,8-9,17H2/q-1;+1. The van der Waals surface area contributed by atoms with Crippen molar-refractivity contribution >= 4 is 50.5 Å². The summed E-state index contributed by atoms with van der Waals surface area (Å²) in [4.78, 5) is 24.9. The molecule has 25 heteroatoms. The van der Waals surface area contributed by atoms with Crippen LogP contribution in [0.1, 0.15) is 52.8 Å². The fourth-order valence-corrected chi connectivity index (χ4v) is 8.60. The molecule has 0 saturated heterocycles. The van der Waals surface area contributed by atoms with Gasteiger partial charge in [0.15, 0.2) is 82.2 Å². The third-order valence-electron chi connectivity index (χ3n) is 12.0. The lowest BCUT2D eigenvalue weighted by Crippen LogP contribution is -2.81. The summed E-state index contributed by atoms with van der Waals surface area (Å²) in [6.07, 6.45) is 2.07. The number of esters is 1. The Morgan fingerprint density at radius 2 is 0.726 bits per heavy atom. The summed E-state index contributed by atoms with van der Waals surface area (Å²) in [6.45, 7) is 0.261. The van der Waals surface area contributed by atoms with Gasteiger partial charge in [0, 0.05) is 17.0 Å². The molecular weight excluding hydrogens is 1030 g/mol. The van der Waals surface area contributed by atoms with E-state index in [2.05, 4.69) is 0 Å². The Kier molecular flexibility index (Phi) is 15.0. The Hall–Kier alpha value is -7.47. The monoisotopic (exact) mass is 1050 g/mol. The van der Waals surface area contributed by atoms with Gasteiger partial charge in [0.2, 0.25) is 12.3 Å². The number of carbonyl (C=O) groups excluding carboxylic acids is 2. The first-order chi connectivity index (χ1) is 34.4. The van der Waals surface area contributed by atoms with E-state index in [9.17, 15) is 62.3 Å². The number of benzene rings is 6. The number of aromatic nitrogens is 1. The lowest BCUT2D eigenvalue weighted by Gasteiger charge is -2.44. The topological polar surface area (TPSA) is 47.2 Å². The molecular formula is C48H24BF20NO3. The van der Waals surface area contributed by atoms with Crippen molar-refractivity contribution < 1.29 is 107 Å². The van der Waals surface area contributed by atoms with Gasteiger partial charge in [-0.25, -0.2) is 92.6 Å². The highest BCUT2D eigenvalue weighted by Gasteiger charge is 2.52. The molecule has 0 amide bonds. The van der Waals surface area contributed by atoms with Gasteiger partial charge in [0.1, 0.15) is 58.8 Å². The second-order valence-electron chi connectivity index (χ2n) is 16.2. The van der Waals surface area contributed by atoms with Crippen molar-refractivity contribution in [3.05, 3.63) is 194 Å². The summed E-state index contributed by atoms with van der Waals surface area (Å²) in [5.74, 6) is -71.7. The molecule has 1 fully saturated rings. The maximum atomic E-state index is 15.4. The molecule has 0 spiro atoms. The molecule has 382 valence electrons. The number of ketones is 1. The minimum atomic E-state index is -7.22. The second kappa shape index (κ2) is 20.6. The minimum absolute atomic E-state index is 0.00692. The first-order valence-corrected chi connectivity index (χ1v) is 20.8. The molecule has 0 N–H and O–H groups in total. The minimum Gasteiger partial charge on any atom is -0.459 e. The number of Topliss-reactive ketones (excluding diaryl/α,β-unsaturated/α-hetero) is 1. The van der Waals surface area contributed by atoms with E-state index in [0.717, 1.165) is 36.5 Å². The smallest absolute Gasteiger partial charge is 0.338 e. The molecule has 6 aromatic carbocycles. The maximum absolute atomic E-state index is 15.4. The van der Waals surface area contributed by atoms with Crippen molar-refractivity contribution in [1.29, 1.82) is 0 Å². The number of nitrogens with zero attached hydrogens (tertiary/aromatic N) is 1. The number of pyridine rings is 1. The van der Waals surface area contributed by atoms with E-state index in [1.807, 2.05) is 47.3 Å². The number of hydrogen-bond donors (Lipinski definition) is 0. The van der Waals surface area contributed by atoms with Crippen LogP contribution in [-0.2, 0) is 11.3 Å². The fraction of sp³-hybridized carbons (Fsp3) is 0.146. The van der Waals surface area contributed by atoms with E-state index in [1.165, 1.54) is 6.42 Å². The maximum Gasteiger partial charge on any atom is 0.338 e. The third-order valence-corrected chi connectivity index (χ3v) is 12.0. The molecule has 1 saturated carbocycles. The van der Waals surface area contributed by atoms with E-state index >= 15 is 35.1 Å². The average molecular weight is 1050 g/mol. The van der Waals surface area contributed by atoms with Crippen molar-refractivity contribution in [2.24, 2.45) is 0 Å². The van der Waals surface area contributed by atoms with Crippen LogP contribution in [-0.4, -0.2) is 24.0 Å². The Balaban J connectivity index is 0.000000237. The third kappa shape index (κ3) is 9.10. The van der Waals surface area contributed by atoms with Gasteiger partial charge in [0.25, 0.3) is 0 Å². The number of ether oxygens (including phenoxy) is 1. The van der Waals surface area contributed by atoms with E-state index in [4.69, 9.17) is 4.74 Å². The van der Waals surface area contributed by atoms with Crippen molar-refractivity contribution in [2.75, 3.05) is 0 Å². The van der Waals surface area contributed by atoms with Gasteiger partial charge < -0.3 is 4.74 Å². The van der Waals surface area contributed by atoms with Crippen LogP contribution in [0.4, 0.5) is 87.8 Å². The van der Waals surface area contributed by atoms with E-state index in [0.29, 0.717) is 11.1 Å². The highest BCUT2D eigenvalue weighted by Crippen LogP contribution is 2.31. The molecule has 0 atom stereocenters.